The van der Waals surface area contributed by atoms with E-state index in [1.165, 1.54) is 12.1 Å². The van der Waals surface area contributed by atoms with Gasteiger partial charge in [-0.2, -0.15) is 0 Å². The summed E-state index contributed by atoms with van der Waals surface area (Å²) in [6, 6.07) is 14.1. The zero-order valence-corrected chi connectivity index (χ0v) is 10.5. The Labute approximate surface area is 108 Å². The average Bonchev–Trinajstić information content (AvgIpc) is 2.30. The van der Waals surface area contributed by atoms with Gasteiger partial charge in [-0.05, 0) is 59.0 Å². The van der Waals surface area contributed by atoms with Gasteiger partial charge in [0.25, 0.3) is 0 Å². The monoisotopic (exact) mass is 322 g/mol. The first-order chi connectivity index (χ1) is 7.75. The molecule has 0 aliphatic rings. The third-order valence-electron chi connectivity index (χ3n) is 2.06. The summed E-state index contributed by atoms with van der Waals surface area (Å²) in [4.78, 5) is 0. The average molecular weight is 322 g/mol. The van der Waals surface area contributed by atoms with Crippen LogP contribution in [0.3, 0.4) is 0 Å². The quantitative estimate of drug-likeness (QED) is 0.511. The second-order valence-corrected chi connectivity index (χ2v) is 4.40. The zero-order chi connectivity index (χ0) is 11.4. The summed E-state index contributed by atoms with van der Waals surface area (Å²) < 4.78 is 13.8. The van der Waals surface area contributed by atoms with E-state index in [2.05, 4.69) is 34.4 Å². The predicted molar refractivity (Wildman–Crippen MR) is 71.5 cm³/mol. The molecule has 0 aromatic heterocycles. The molecule has 0 spiro atoms. The maximum atomic E-state index is 12.7. The first-order valence-corrected chi connectivity index (χ1v) is 5.86. The first-order valence-electron chi connectivity index (χ1n) is 4.78. The SMILES string of the molecule is Fc1ccc(C#Cc2ccccc2I)cc1. The van der Waals surface area contributed by atoms with E-state index in [1.54, 1.807) is 12.1 Å². The Hall–Kier alpha value is -1.34. The summed E-state index contributed by atoms with van der Waals surface area (Å²) in [5.41, 5.74) is 1.81. The summed E-state index contributed by atoms with van der Waals surface area (Å²) in [5.74, 6) is 5.84. The van der Waals surface area contributed by atoms with Gasteiger partial charge >= 0.3 is 0 Å². The molecule has 16 heavy (non-hydrogen) atoms. The van der Waals surface area contributed by atoms with E-state index in [9.17, 15) is 4.39 Å². The van der Waals surface area contributed by atoms with Crippen LogP contribution in [0.5, 0.6) is 0 Å². The van der Waals surface area contributed by atoms with Gasteiger partial charge in [-0.1, -0.05) is 24.0 Å². The first kappa shape index (κ1) is 11.2. The van der Waals surface area contributed by atoms with Crippen LogP contribution in [0.4, 0.5) is 4.39 Å². The van der Waals surface area contributed by atoms with Gasteiger partial charge in [-0.3, -0.25) is 0 Å². The molecule has 0 heterocycles. The lowest BCUT2D eigenvalue weighted by Crippen LogP contribution is -1.80. The summed E-state index contributed by atoms with van der Waals surface area (Å²) in [6.07, 6.45) is 0. The number of hydrogen-bond donors (Lipinski definition) is 0. The van der Waals surface area contributed by atoms with Crippen molar-refractivity contribution in [1.29, 1.82) is 0 Å². The van der Waals surface area contributed by atoms with Crippen molar-refractivity contribution in [3.05, 3.63) is 69.0 Å². The second-order valence-electron chi connectivity index (χ2n) is 3.24. The van der Waals surface area contributed by atoms with Crippen LogP contribution in [0, 0.1) is 21.2 Å². The lowest BCUT2D eigenvalue weighted by atomic mass is 10.2. The lowest BCUT2D eigenvalue weighted by Gasteiger charge is -1.93. The molecule has 0 fully saturated rings. The van der Waals surface area contributed by atoms with Crippen molar-refractivity contribution < 1.29 is 4.39 Å². The summed E-state index contributed by atoms with van der Waals surface area (Å²) in [7, 11) is 0. The molecular weight excluding hydrogens is 314 g/mol. The highest BCUT2D eigenvalue weighted by molar-refractivity contribution is 14.1. The van der Waals surface area contributed by atoms with E-state index in [4.69, 9.17) is 0 Å². The van der Waals surface area contributed by atoms with Crippen LogP contribution < -0.4 is 0 Å². The molecule has 0 saturated heterocycles. The topological polar surface area (TPSA) is 0 Å². The molecule has 0 aliphatic heterocycles. The van der Waals surface area contributed by atoms with Crippen molar-refractivity contribution >= 4 is 22.6 Å². The number of rotatable bonds is 0. The molecule has 0 radical (unpaired) electrons. The highest BCUT2D eigenvalue weighted by atomic mass is 127. The highest BCUT2D eigenvalue weighted by Crippen LogP contribution is 2.10. The standard InChI is InChI=1S/C14H8FI/c15-13-9-6-11(7-10-13)5-8-12-3-1-2-4-14(12)16/h1-4,6-7,9-10H. The third kappa shape index (κ3) is 2.83. The van der Waals surface area contributed by atoms with Crippen molar-refractivity contribution in [2.24, 2.45) is 0 Å². The number of hydrogen-bond acceptors (Lipinski definition) is 0. The Morgan fingerprint density at radius 1 is 0.875 bits per heavy atom. The van der Waals surface area contributed by atoms with Crippen molar-refractivity contribution in [1.82, 2.24) is 0 Å². The summed E-state index contributed by atoms with van der Waals surface area (Å²) in [6.45, 7) is 0. The fraction of sp³-hybridized carbons (Fsp3) is 0. The second kappa shape index (κ2) is 5.13. The van der Waals surface area contributed by atoms with Gasteiger partial charge in [0.2, 0.25) is 0 Å². The lowest BCUT2D eigenvalue weighted by molar-refractivity contribution is 0.627. The largest absolute Gasteiger partial charge is 0.207 e. The molecular formula is C14H8FI. The molecule has 0 bridgehead atoms. The van der Waals surface area contributed by atoms with Crippen molar-refractivity contribution in [2.45, 2.75) is 0 Å². The van der Waals surface area contributed by atoms with Crippen LogP contribution in [0.1, 0.15) is 11.1 Å². The molecule has 2 rings (SSSR count). The van der Waals surface area contributed by atoms with Crippen LogP contribution in [0.2, 0.25) is 0 Å². The Morgan fingerprint density at radius 3 is 2.25 bits per heavy atom. The molecule has 0 unspecified atom stereocenters. The van der Waals surface area contributed by atoms with Crippen LogP contribution in [-0.4, -0.2) is 0 Å². The van der Waals surface area contributed by atoms with E-state index in [1.807, 2.05) is 24.3 Å². The maximum absolute atomic E-state index is 12.7. The molecule has 2 heteroatoms. The van der Waals surface area contributed by atoms with Crippen LogP contribution >= 0.6 is 22.6 Å². The summed E-state index contributed by atoms with van der Waals surface area (Å²) >= 11 is 2.25. The van der Waals surface area contributed by atoms with E-state index in [-0.39, 0.29) is 5.82 Å². The smallest absolute Gasteiger partial charge is 0.123 e. The molecule has 0 saturated carbocycles. The Bertz CT molecular complexity index is 547. The van der Waals surface area contributed by atoms with Crippen molar-refractivity contribution in [3.8, 4) is 11.8 Å². The van der Waals surface area contributed by atoms with E-state index in [0.717, 1.165) is 14.7 Å². The van der Waals surface area contributed by atoms with Crippen LogP contribution in [0.15, 0.2) is 48.5 Å². The molecule has 0 aliphatic carbocycles. The molecule has 0 N–H and O–H groups in total. The van der Waals surface area contributed by atoms with Gasteiger partial charge < -0.3 is 0 Å². The van der Waals surface area contributed by atoms with Crippen molar-refractivity contribution in [3.63, 3.8) is 0 Å². The minimum absolute atomic E-state index is 0.236. The van der Waals surface area contributed by atoms with Gasteiger partial charge in [0.15, 0.2) is 0 Å². The molecule has 0 atom stereocenters. The minimum Gasteiger partial charge on any atom is -0.207 e. The highest BCUT2D eigenvalue weighted by Gasteiger charge is 1.93. The summed E-state index contributed by atoms with van der Waals surface area (Å²) in [5, 5.41) is 0. The van der Waals surface area contributed by atoms with Gasteiger partial charge in [-0.25, -0.2) is 4.39 Å². The molecule has 2 aromatic rings. The van der Waals surface area contributed by atoms with Gasteiger partial charge in [-0.15, -0.1) is 0 Å². The predicted octanol–water partition coefficient (Wildman–Crippen LogP) is 3.83. The van der Waals surface area contributed by atoms with Gasteiger partial charge in [0.1, 0.15) is 5.82 Å². The Kier molecular flexibility index (Phi) is 3.58. The zero-order valence-electron chi connectivity index (χ0n) is 8.37. The van der Waals surface area contributed by atoms with Gasteiger partial charge in [0.05, 0.1) is 0 Å². The van der Waals surface area contributed by atoms with E-state index < -0.39 is 0 Å². The molecule has 0 nitrogen and oxygen atoms in total. The normalized spacial score (nSPS) is 9.38. The number of benzene rings is 2. The Morgan fingerprint density at radius 2 is 1.56 bits per heavy atom. The number of halogens is 2. The van der Waals surface area contributed by atoms with Gasteiger partial charge in [0, 0.05) is 14.7 Å². The maximum Gasteiger partial charge on any atom is 0.123 e. The fourth-order valence-electron chi connectivity index (χ4n) is 1.24. The fourth-order valence-corrected chi connectivity index (χ4v) is 1.76. The van der Waals surface area contributed by atoms with Crippen LogP contribution in [0.25, 0.3) is 0 Å². The van der Waals surface area contributed by atoms with E-state index in [0.29, 0.717) is 0 Å². The molecule has 2 aromatic carbocycles. The van der Waals surface area contributed by atoms with E-state index >= 15 is 0 Å². The minimum atomic E-state index is -0.236. The Balaban J connectivity index is 2.29. The molecule has 0 amide bonds. The van der Waals surface area contributed by atoms with Crippen molar-refractivity contribution in [2.75, 3.05) is 0 Å². The third-order valence-corrected chi connectivity index (χ3v) is 3.00. The van der Waals surface area contributed by atoms with Crippen LogP contribution in [-0.2, 0) is 0 Å². The molecule has 78 valence electrons.